The Labute approximate surface area is 75.8 Å². The second-order valence-corrected chi connectivity index (χ2v) is 3.05. The summed E-state index contributed by atoms with van der Waals surface area (Å²) in [5.41, 5.74) is 8.07. The monoisotopic (exact) mass is 176 g/mol. The molecule has 2 heteroatoms. The summed E-state index contributed by atoms with van der Waals surface area (Å²) in [5.74, 6) is 0. The molecule has 0 aliphatic rings. The average molecular weight is 177 g/mol. The number of hydrogen-bond acceptors (Lipinski definition) is 0. The minimum atomic E-state index is 0.412. The molecule has 0 bridgehead atoms. The molecular formula is C10H7ClN. The van der Waals surface area contributed by atoms with Crippen molar-refractivity contribution < 1.29 is 0 Å². The number of rotatable bonds is 0. The van der Waals surface area contributed by atoms with Crippen molar-refractivity contribution in [3.8, 4) is 0 Å². The fourth-order valence-electron chi connectivity index (χ4n) is 1.24. The molecule has 0 atom stereocenters. The van der Waals surface area contributed by atoms with Crippen LogP contribution < -0.4 is 5.73 Å². The Morgan fingerprint density at radius 2 is 1.75 bits per heavy atom. The molecule has 0 aromatic heterocycles. The van der Waals surface area contributed by atoms with Crippen LogP contribution >= 0.6 is 11.6 Å². The first-order valence-electron chi connectivity index (χ1n) is 3.68. The molecule has 0 aliphatic carbocycles. The highest BCUT2D eigenvalue weighted by Crippen LogP contribution is 2.28. The molecule has 2 aromatic rings. The van der Waals surface area contributed by atoms with E-state index in [-0.39, 0.29) is 0 Å². The van der Waals surface area contributed by atoms with E-state index in [2.05, 4.69) is 0 Å². The van der Waals surface area contributed by atoms with Crippen LogP contribution in [0, 0.1) is 0 Å². The fourth-order valence-corrected chi connectivity index (χ4v) is 1.41. The Morgan fingerprint density at radius 1 is 1.00 bits per heavy atom. The highest BCUT2D eigenvalue weighted by molar-refractivity contribution is 6.34. The van der Waals surface area contributed by atoms with Crippen LogP contribution in [0.1, 0.15) is 0 Å². The Balaban J connectivity index is 2.91. The van der Waals surface area contributed by atoms with Crippen molar-refractivity contribution in [3.63, 3.8) is 0 Å². The lowest BCUT2D eigenvalue weighted by Gasteiger charge is -2.01. The maximum atomic E-state index is 7.66. The van der Waals surface area contributed by atoms with Crippen molar-refractivity contribution >= 4 is 28.1 Å². The first-order chi connectivity index (χ1) is 5.79. The van der Waals surface area contributed by atoms with Gasteiger partial charge in [0.2, 0.25) is 0 Å². The molecule has 0 aliphatic heterocycles. The van der Waals surface area contributed by atoms with Gasteiger partial charge in [0, 0.05) is 5.39 Å². The third kappa shape index (κ3) is 1.03. The van der Waals surface area contributed by atoms with E-state index in [0.29, 0.717) is 10.7 Å². The van der Waals surface area contributed by atoms with E-state index in [0.717, 1.165) is 10.8 Å². The Morgan fingerprint density at radius 3 is 2.58 bits per heavy atom. The van der Waals surface area contributed by atoms with Gasteiger partial charge in [0.1, 0.15) is 0 Å². The van der Waals surface area contributed by atoms with Crippen LogP contribution in [0.15, 0.2) is 36.4 Å². The average Bonchev–Trinajstić information content (AvgIpc) is 2.12. The van der Waals surface area contributed by atoms with E-state index in [1.165, 1.54) is 0 Å². The fraction of sp³-hybridized carbons (Fsp3) is 0. The molecule has 1 nitrogen and oxygen atoms in total. The van der Waals surface area contributed by atoms with Gasteiger partial charge in [-0.15, -0.1) is 0 Å². The summed E-state index contributed by atoms with van der Waals surface area (Å²) in [6.07, 6.45) is 0. The Hall–Kier alpha value is -1.21. The van der Waals surface area contributed by atoms with Gasteiger partial charge in [-0.1, -0.05) is 41.9 Å². The summed E-state index contributed by atoms with van der Waals surface area (Å²) in [7, 11) is 0. The van der Waals surface area contributed by atoms with Crippen LogP contribution in [-0.4, -0.2) is 0 Å². The molecule has 0 saturated carbocycles. The number of halogens is 1. The van der Waals surface area contributed by atoms with Crippen molar-refractivity contribution in [2.45, 2.75) is 0 Å². The first-order valence-corrected chi connectivity index (χ1v) is 4.05. The third-order valence-corrected chi connectivity index (χ3v) is 2.19. The summed E-state index contributed by atoms with van der Waals surface area (Å²) in [6.45, 7) is 0. The van der Waals surface area contributed by atoms with Crippen LogP contribution in [0.25, 0.3) is 10.8 Å². The van der Waals surface area contributed by atoms with E-state index >= 15 is 0 Å². The minimum Gasteiger partial charge on any atom is -0.299 e. The van der Waals surface area contributed by atoms with E-state index < -0.39 is 0 Å². The molecule has 0 amide bonds. The lowest BCUT2D eigenvalue weighted by atomic mass is 10.1. The zero-order chi connectivity index (χ0) is 8.55. The molecule has 0 heterocycles. The van der Waals surface area contributed by atoms with Crippen LogP contribution in [0.5, 0.6) is 0 Å². The van der Waals surface area contributed by atoms with Crippen LogP contribution in [-0.2, 0) is 0 Å². The van der Waals surface area contributed by atoms with Gasteiger partial charge in [-0.3, -0.25) is 5.73 Å². The van der Waals surface area contributed by atoms with Gasteiger partial charge in [-0.05, 0) is 11.5 Å². The molecule has 0 unspecified atom stereocenters. The molecule has 0 saturated heterocycles. The zero-order valence-electron chi connectivity index (χ0n) is 6.34. The summed E-state index contributed by atoms with van der Waals surface area (Å²) >= 11 is 5.80. The maximum Gasteiger partial charge on any atom is 0.0804 e. The molecule has 59 valence electrons. The van der Waals surface area contributed by atoms with E-state index in [1.54, 1.807) is 6.07 Å². The standard InChI is InChI=1S/C10H7ClN/c11-9-6-5-7-3-1-2-4-8(7)10(9)12/h1-6,12H. The molecule has 1 radical (unpaired) electrons. The predicted octanol–water partition coefficient (Wildman–Crippen LogP) is 3.41. The number of benzene rings is 2. The van der Waals surface area contributed by atoms with Gasteiger partial charge in [0.05, 0.1) is 10.7 Å². The minimum absolute atomic E-state index is 0.412. The van der Waals surface area contributed by atoms with E-state index in [4.69, 9.17) is 17.3 Å². The normalized spacial score (nSPS) is 10.4. The number of hydrogen-bond donors (Lipinski definition) is 0. The molecular weight excluding hydrogens is 170 g/mol. The zero-order valence-corrected chi connectivity index (χ0v) is 7.10. The van der Waals surface area contributed by atoms with Crippen molar-refractivity contribution in [1.82, 2.24) is 5.73 Å². The van der Waals surface area contributed by atoms with Gasteiger partial charge in [-0.2, -0.15) is 0 Å². The maximum absolute atomic E-state index is 7.66. The van der Waals surface area contributed by atoms with Gasteiger partial charge in [0.15, 0.2) is 0 Å². The molecule has 0 fully saturated rings. The molecule has 12 heavy (non-hydrogen) atoms. The van der Waals surface area contributed by atoms with E-state index in [1.807, 2.05) is 30.3 Å². The van der Waals surface area contributed by atoms with Crippen molar-refractivity contribution in [3.05, 3.63) is 41.4 Å². The topological polar surface area (TPSA) is 23.8 Å². The van der Waals surface area contributed by atoms with Gasteiger partial charge < -0.3 is 0 Å². The highest BCUT2D eigenvalue weighted by Gasteiger charge is 2.00. The summed E-state index contributed by atoms with van der Waals surface area (Å²) < 4.78 is 0. The van der Waals surface area contributed by atoms with Gasteiger partial charge in [0.25, 0.3) is 0 Å². The summed E-state index contributed by atoms with van der Waals surface area (Å²) in [6, 6.07) is 11.4. The molecule has 0 spiro atoms. The van der Waals surface area contributed by atoms with Crippen LogP contribution in [0.2, 0.25) is 5.02 Å². The Bertz CT molecular complexity index is 423. The smallest absolute Gasteiger partial charge is 0.0804 e. The van der Waals surface area contributed by atoms with Crippen LogP contribution in [0.4, 0.5) is 5.69 Å². The van der Waals surface area contributed by atoms with Crippen molar-refractivity contribution in [2.24, 2.45) is 0 Å². The Kier molecular flexibility index (Phi) is 1.66. The SMILES string of the molecule is [NH]c1c(Cl)ccc2ccccc12. The van der Waals surface area contributed by atoms with Crippen molar-refractivity contribution in [2.75, 3.05) is 0 Å². The largest absolute Gasteiger partial charge is 0.299 e. The highest BCUT2D eigenvalue weighted by atomic mass is 35.5. The second-order valence-electron chi connectivity index (χ2n) is 2.64. The van der Waals surface area contributed by atoms with Gasteiger partial charge >= 0.3 is 0 Å². The third-order valence-electron chi connectivity index (χ3n) is 1.88. The molecule has 1 N–H and O–H groups in total. The van der Waals surface area contributed by atoms with Crippen LogP contribution in [0.3, 0.4) is 0 Å². The molecule has 2 rings (SSSR count). The second kappa shape index (κ2) is 2.68. The predicted molar refractivity (Wildman–Crippen MR) is 51.7 cm³/mol. The summed E-state index contributed by atoms with van der Waals surface area (Å²) in [4.78, 5) is 0. The van der Waals surface area contributed by atoms with E-state index in [9.17, 15) is 0 Å². The number of nitrogens with one attached hydrogen (secondary N) is 1. The first kappa shape index (κ1) is 7.44. The lowest BCUT2D eigenvalue weighted by Crippen LogP contribution is -1.76. The lowest BCUT2D eigenvalue weighted by molar-refractivity contribution is 1.52. The van der Waals surface area contributed by atoms with Gasteiger partial charge in [-0.25, -0.2) is 0 Å². The number of fused-ring (bicyclic) bond motifs is 1. The molecule has 2 aromatic carbocycles. The summed E-state index contributed by atoms with van der Waals surface area (Å²) in [5, 5.41) is 2.48. The quantitative estimate of drug-likeness (QED) is 0.588. The van der Waals surface area contributed by atoms with Crippen molar-refractivity contribution in [1.29, 1.82) is 0 Å².